The van der Waals surface area contributed by atoms with E-state index in [0.29, 0.717) is 6.04 Å². The van der Waals surface area contributed by atoms with Gasteiger partial charge in [0.25, 0.3) is 0 Å². The van der Waals surface area contributed by atoms with Crippen molar-refractivity contribution in [3.8, 4) is 11.4 Å². The van der Waals surface area contributed by atoms with Gasteiger partial charge >= 0.3 is 0 Å². The summed E-state index contributed by atoms with van der Waals surface area (Å²) in [4.78, 5) is 0. The molecule has 1 heterocycles. The van der Waals surface area contributed by atoms with E-state index < -0.39 is 0 Å². The third-order valence-corrected chi connectivity index (χ3v) is 3.54. The standard InChI is InChI=1S/C15H13N3/c1-2-6-13-11(4-1)5-3-7-14(13)15-17-16-10-18(15)12-8-9-12/h1-7,10,12H,8-9H2. The van der Waals surface area contributed by atoms with Crippen LogP contribution in [-0.4, -0.2) is 14.8 Å². The summed E-state index contributed by atoms with van der Waals surface area (Å²) in [5.41, 5.74) is 1.18. The highest BCUT2D eigenvalue weighted by atomic mass is 15.3. The summed E-state index contributed by atoms with van der Waals surface area (Å²) >= 11 is 0. The minimum absolute atomic E-state index is 0.606. The van der Waals surface area contributed by atoms with Crippen LogP contribution in [0.2, 0.25) is 0 Å². The van der Waals surface area contributed by atoms with Crippen LogP contribution in [-0.2, 0) is 0 Å². The van der Waals surface area contributed by atoms with Gasteiger partial charge in [0.05, 0.1) is 0 Å². The van der Waals surface area contributed by atoms with Gasteiger partial charge in [-0.05, 0) is 23.6 Å². The van der Waals surface area contributed by atoms with Crippen molar-refractivity contribution in [3.63, 3.8) is 0 Å². The van der Waals surface area contributed by atoms with Gasteiger partial charge in [0, 0.05) is 11.6 Å². The highest BCUT2D eigenvalue weighted by molar-refractivity contribution is 5.95. The van der Waals surface area contributed by atoms with Gasteiger partial charge in [-0.3, -0.25) is 0 Å². The first kappa shape index (κ1) is 9.83. The third-order valence-electron chi connectivity index (χ3n) is 3.54. The zero-order chi connectivity index (χ0) is 11.9. The number of aromatic nitrogens is 3. The number of hydrogen-bond acceptors (Lipinski definition) is 2. The lowest BCUT2D eigenvalue weighted by Crippen LogP contribution is -1.96. The summed E-state index contributed by atoms with van der Waals surface area (Å²) in [7, 11) is 0. The second kappa shape index (κ2) is 3.67. The molecule has 1 fully saturated rings. The molecule has 3 nitrogen and oxygen atoms in total. The minimum Gasteiger partial charge on any atom is -0.310 e. The molecule has 18 heavy (non-hydrogen) atoms. The second-order valence-electron chi connectivity index (χ2n) is 4.82. The van der Waals surface area contributed by atoms with E-state index in [1.54, 1.807) is 0 Å². The van der Waals surface area contributed by atoms with Gasteiger partial charge in [0.2, 0.25) is 0 Å². The maximum absolute atomic E-state index is 4.31. The first-order chi connectivity index (χ1) is 8.93. The Morgan fingerprint density at radius 1 is 1.00 bits per heavy atom. The number of rotatable bonds is 2. The Bertz CT molecular complexity index is 705. The van der Waals surface area contributed by atoms with Crippen molar-refractivity contribution in [3.05, 3.63) is 48.8 Å². The van der Waals surface area contributed by atoms with Crippen molar-refractivity contribution in [1.82, 2.24) is 14.8 Å². The number of fused-ring (bicyclic) bond motifs is 1. The van der Waals surface area contributed by atoms with Gasteiger partial charge < -0.3 is 4.57 Å². The quantitative estimate of drug-likeness (QED) is 0.681. The number of benzene rings is 2. The molecule has 3 aromatic rings. The molecule has 0 spiro atoms. The third kappa shape index (κ3) is 1.44. The van der Waals surface area contributed by atoms with Crippen LogP contribution in [0, 0.1) is 0 Å². The second-order valence-corrected chi connectivity index (χ2v) is 4.82. The summed E-state index contributed by atoms with van der Waals surface area (Å²) in [6.07, 6.45) is 4.35. The molecule has 3 heteroatoms. The van der Waals surface area contributed by atoms with E-state index in [-0.39, 0.29) is 0 Å². The summed E-state index contributed by atoms with van der Waals surface area (Å²) in [5, 5.41) is 10.9. The zero-order valence-corrected chi connectivity index (χ0v) is 9.95. The molecule has 0 saturated heterocycles. The summed E-state index contributed by atoms with van der Waals surface area (Å²) < 4.78 is 2.21. The van der Waals surface area contributed by atoms with E-state index in [4.69, 9.17) is 0 Å². The molecule has 0 amide bonds. The first-order valence-corrected chi connectivity index (χ1v) is 6.31. The van der Waals surface area contributed by atoms with E-state index in [1.807, 2.05) is 6.33 Å². The molecule has 88 valence electrons. The lowest BCUT2D eigenvalue weighted by atomic mass is 10.0. The fourth-order valence-electron chi connectivity index (χ4n) is 2.48. The van der Waals surface area contributed by atoms with Crippen LogP contribution in [0.5, 0.6) is 0 Å². The molecule has 1 aromatic heterocycles. The topological polar surface area (TPSA) is 30.7 Å². The van der Waals surface area contributed by atoms with E-state index in [9.17, 15) is 0 Å². The Hall–Kier alpha value is -2.16. The van der Waals surface area contributed by atoms with E-state index in [0.717, 1.165) is 5.82 Å². The number of nitrogens with zero attached hydrogens (tertiary/aromatic N) is 3. The lowest BCUT2D eigenvalue weighted by Gasteiger charge is -2.07. The summed E-state index contributed by atoms with van der Waals surface area (Å²) in [5.74, 6) is 0.995. The van der Waals surface area contributed by atoms with E-state index in [1.165, 1.54) is 29.2 Å². The molecular formula is C15H13N3. The summed E-state index contributed by atoms with van der Waals surface area (Å²) in [6, 6.07) is 15.4. The van der Waals surface area contributed by atoms with Gasteiger partial charge in [0.15, 0.2) is 5.82 Å². The molecule has 0 atom stereocenters. The van der Waals surface area contributed by atoms with Crippen molar-refractivity contribution in [2.75, 3.05) is 0 Å². The molecular weight excluding hydrogens is 222 g/mol. The predicted octanol–water partition coefficient (Wildman–Crippen LogP) is 3.43. The van der Waals surface area contributed by atoms with Crippen LogP contribution in [0.4, 0.5) is 0 Å². The molecule has 0 bridgehead atoms. The molecule has 0 unspecified atom stereocenters. The zero-order valence-electron chi connectivity index (χ0n) is 9.95. The van der Waals surface area contributed by atoms with Crippen molar-refractivity contribution in [2.45, 2.75) is 18.9 Å². The Morgan fingerprint density at radius 3 is 2.72 bits per heavy atom. The predicted molar refractivity (Wildman–Crippen MR) is 71.2 cm³/mol. The monoisotopic (exact) mass is 235 g/mol. The normalized spacial score (nSPS) is 15.1. The number of hydrogen-bond donors (Lipinski definition) is 0. The minimum atomic E-state index is 0.606. The average Bonchev–Trinajstić information content (AvgIpc) is 3.16. The first-order valence-electron chi connectivity index (χ1n) is 6.31. The van der Waals surface area contributed by atoms with Gasteiger partial charge in [-0.2, -0.15) is 0 Å². The van der Waals surface area contributed by atoms with Crippen LogP contribution in [0.15, 0.2) is 48.8 Å². The lowest BCUT2D eigenvalue weighted by molar-refractivity contribution is 0.746. The Morgan fingerprint density at radius 2 is 1.83 bits per heavy atom. The molecule has 1 aliphatic rings. The van der Waals surface area contributed by atoms with Crippen LogP contribution < -0.4 is 0 Å². The van der Waals surface area contributed by atoms with Gasteiger partial charge in [0.1, 0.15) is 6.33 Å². The smallest absolute Gasteiger partial charge is 0.164 e. The van der Waals surface area contributed by atoms with Crippen molar-refractivity contribution in [1.29, 1.82) is 0 Å². The van der Waals surface area contributed by atoms with Crippen LogP contribution in [0.3, 0.4) is 0 Å². The van der Waals surface area contributed by atoms with Crippen LogP contribution in [0.1, 0.15) is 18.9 Å². The fourth-order valence-corrected chi connectivity index (χ4v) is 2.48. The highest BCUT2D eigenvalue weighted by Crippen LogP contribution is 2.38. The Kier molecular flexibility index (Phi) is 2.00. The maximum Gasteiger partial charge on any atom is 0.164 e. The fraction of sp³-hybridized carbons (Fsp3) is 0.200. The maximum atomic E-state index is 4.31. The Balaban J connectivity index is 1.98. The molecule has 1 aliphatic carbocycles. The molecule has 0 N–H and O–H groups in total. The van der Waals surface area contributed by atoms with Gasteiger partial charge in [-0.15, -0.1) is 10.2 Å². The SMILES string of the molecule is c1ccc2c(-c3nncn3C3CC3)cccc2c1. The molecule has 4 rings (SSSR count). The van der Waals surface area contributed by atoms with Crippen LogP contribution >= 0.6 is 0 Å². The van der Waals surface area contributed by atoms with Crippen LogP contribution in [0.25, 0.3) is 22.2 Å². The molecule has 0 radical (unpaired) electrons. The molecule has 1 saturated carbocycles. The highest BCUT2D eigenvalue weighted by Gasteiger charge is 2.26. The molecule has 2 aromatic carbocycles. The average molecular weight is 235 g/mol. The van der Waals surface area contributed by atoms with Crippen molar-refractivity contribution >= 4 is 10.8 Å². The van der Waals surface area contributed by atoms with Gasteiger partial charge in [-0.1, -0.05) is 42.5 Å². The van der Waals surface area contributed by atoms with Crippen molar-refractivity contribution < 1.29 is 0 Å². The van der Waals surface area contributed by atoms with Crippen molar-refractivity contribution in [2.24, 2.45) is 0 Å². The largest absolute Gasteiger partial charge is 0.310 e. The van der Waals surface area contributed by atoms with E-state index >= 15 is 0 Å². The molecule has 0 aliphatic heterocycles. The van der Waals surface area contributed by atoms with E-state index in [2.05, 4.69) is 57.2 Å². The summed E-state index contributed by atoms with van der Waals surface area (Å²) in [6.45, 7) is 0. The Labute approximate surface area is 105 Å². The van der Waals surface area contributed by atoms with Gasteiger partial charge in [-0.25, -0.2) is 0 Å².